The highest BCUT2D eigenvalue weighted by molar-refractivity contribution is 5.88. The highest BCUT2D eigenvalue weighted by Crippen LogP contribution is 2.17. The maximum absolute atomic E-state index is 13.5. The summed E-state index contributed by atoms with van der Waals surface area (Å²) in [5.41, 5.74) is 3.11. The number of nitrogens with one attached hydrogen (secondary N) is 1. The van der Waals surface area contributed by atoms with Gasteiger partial charge in [0.1, 0.15) is 11.8 Å². The van der Waals surface area contributed by atoms with Gasteiger partial charge in [-0.25, -0.2) is 0 Å². The van der Waals surface area contributed by atoms with E-state index in [9.17, 15) is 9.59 Å². The lowest BCUT2D eigenvalue weighted by Crippen LogP contribution is -2.53. The molecule has 34 heavy (non-hydrogen) atoms. The molecule has 0 saturated heterocycles. The van der Waals surface area contributed by atoms with E-state index in [1.807, 2.05) is 106 Å². The van der Waals surface area contributed by atoms with Gasteiger partial charge in [0.25, 0.3) is 5.91 Å². The predicted octanol–water partition coefficient (Wildman–Crippen LogP) is 4.93. The van der Waals surface area contributed by atoms with Gasteiger partial charge in [-0.3, -0.25) is 9.59 Å². The van der Waals surface area contributed by atoms with Crippen LogP contribution in [0.25, 0.3) is 0 Å². The zero-order chi connectivity index (χ0) is 24.3. The fraction of sp³-hybridized carbons (Fsp3) is 0.310. The van der Waals surface area contributed by atoms with E-state index in [1.54, 1.807) is 4.90 Å². The van der Waals surface area contributed by atoms with Gasteiger partial charge in [-0.2, -0.15) is 0 Å². The quantitative estimate of drug-likeness (QED) is 0.443. The van der Waals surface area contributed by atoms with Crippen LogP contribution in [0.3, 0.4) is 0 Å². The van der Waals surface area contributed by atoms with Gasteiger partial charge in [-0.15, -0.1) is 0 Å². The molecule has 0 saturated carbocycles. The first-order valence-electron chi connectivity index (χ1n) is 11.8. The molecule has 178 valence electrons. The fourth-order valence-corrected chi connectivity index (χ4v) is 3.63. The van der Waals surface area contributed by atoms with E-state index in [2.05, 4.69) is 5.32 Å². The number of rotatable bonds is 11. The largest absolute Gasteiger partial charge is 0.484 e. The molecular weight excluding hydrogens is 424 g/mol. The predicted molar refractivity (Wildman–Crippen MR) is 135 cm³/mol. The minimum Gasteiger partial charge on any atom is -0.484 e. The third-order valence-corrected chi connectivity index (χ3v) is 5.85. The van der Waals surface area contributed by atoms with Crippen molar-refractivity contribution < 1.29 is 14.3 Å². The number of carbonyl (C=O) groups is 2. The summed E-state index contributed by atoms with van der Waals surface area (Å²) in [6.07, 6.45) is 1.23. The number of benzene rings is 3. The Labute approximate surface area is 202 Å². The Hall–Kier alpha value is -3.60. The molecule has 0 fully saturated rings. The molecule has 0 bridgehead atoms. The van der Waals surface area contributed by atoms with Crippen molar-refractivity contribution in [2.45, 2.75) is 52.2 Å². The first-order chi connectivity index (χ1) is 16.5. The molecule has 3 aromatic rings. The second-order valence-electron chi connectivity index (χ2n) is 8.63. The molecule has 5 heteroatoms. The first-order valence-corrected chi connectivity index (χ1v) is 11.8. The smallest absolute Gasteiger partial charge is 0.261 e. The molecule has 2 unspecified atom stereocenters. The zero-order valence-corrected chi connectivity index (χ0v) is 20.2. The van der Waals surface area contributed by atoms with Crippen molar-refractivity contribution in [3.8, 4) is 5.75 Å². The average Bonchev–Trinajstić information content (AvgIpc) is 2.87. The Morgan fingerprint density at radius 3 is 2.12 bits per heavy atom. The van der Waals surface area contributed by atoms with Crippen molar-refractivity contribution in [1.29, 1.82) is 0 Å². The lowest BCUT2D eigenvalue weighted by molar-refractivity contribution is -0.143. The first kappa shape index (κ1) is 25.0. The standard InChI is InChI=1S/C29H34N2O3/c1-4-23(3)30-29(33)27(19-24-11-7-5-8-12-24)31(20-25-17-15-22(2)16-18-25)28(32)21-34-26-13-9-6-10-14-26/h5-18,23,27H,4,19-21H2,1-3H3,(H,30,33). The molecule has 0 aliphatic rings. The summed E-state index contributed by atoms with van der Waals surface area (Å²) in [5, 5.41) is 3.08. The van der Waals surface area contributed by atoms with Crippen molar-refractivity contribution in [2.24, 2.45) is 0 Å². The monoisotopic (exact) mass is 458 g/mol. The van der Waals surface area contributed by atoms with Gasteiger partial charge in [-0.1, -0.05) is 85.3 Å². The van der Waals surface area contributed by atoms with Crippen molar-refractivity contribution in [2.75, 3.05) is 6.61 Å². The lowest BCUT2D eigenvalue weighted by Gasteiger charge is -2.32. The Morgan fingerprint density at radius 1 is 0.882 bits per heavy atom. The summed E-state index contributed by atoms with van der Waals surface area (Å²) in [6.45, 7) is 6.21. The third kappa shape index (κ3) is 7.48. The van der Waals surface area contributed by atoms with Crippen LogP contribution in [0, 0.1) is 6.92 Å². The zero-order valence-electron chi connectivity index (χ0n) is 20.2. The minimum atomic E-state index is -0.662. The number of hydrogen-bond donors (Lipinski definition) is 1. The SMILES string of the molecule is CCC(C)NC(=O)C(Cc1ccccc1)N(Cc1ccc(C)cc1)C(=O)COc1ccccc1. The van der Waals surface area contributed by atoms with E-state index in [4.69, 9.17) is 4.74 Å². The van der Waals surface area contributed by atoms with Gasteiger partial charge in [0.15, 0.2) is 6.61 Å². The molecular formula is C29H34N2O3. The number of aryl methyl sites for hydroxylation is 1. The summed E-state index contributed by atoms with van der Waals surface area (Å²) in [4.78, 5) is 28.6. The van der Waals surface area contributed by atoms with Crippen LogP contribution in [0.4, 0.5) is 0 Å². The van der Waals surface area contributed by atoms with Crippen LogP contribution in [0.2, 0.25) is 0 Å². The molecule has 2 atom stereocenters. The normalized spacial score (nSPS) is 12.4. The van der Waals surface area contributed by atoms with Crippen LogP contribution in [0.1, 0.15) is 37.0 Å². The van der Waals surface area contributed by atoms with E-state index in [0.717, 1.165) is 23.1 Å². The second kappa shape index (κ2) is 12.6. The molecule has 0 aliphatic heterocycles. The maximum Gasteiger partial charge on any atom is 0.261 e. The Bertz CT molecular complexity index is 1040. The molecule has 5 nitrogen and oxygen atoms in total. The van der Waals surface area contributed by atoms with E-state index in [-0.39, 0.29) is 24.5 Å². The highest BCUT2D eigenvalue weighted by atomic mass is 16.5. The summed E-state index contributed by atoms with van der Waals surface area (Å²) < 4.78 is 5.77. The van der Waals surface area contributed by atoms with Crippen molar-refractivity contribution in [3.63, 3.8) is 0 Å². The number of para-hydroxylation sites is 1. The van der Waals surface area contributed by atoms with Crippen LogP contribution in [0.5, 0.6) is 5.75 Å². The average molecular weight is 459 g/mol. The maximum atomic E-state index is 13.5. The number of carbonyl (C=O) groups excluding carboxylic acids is 2. The number of nitrogens with zero attached hydrogens (tertiary/aromatic N) is 1. The summed E-state index contributed by atoms with van der Waals surface area (Å²) >= 11 is 0. The Kier molecular flexibility index (Phi) is 9.27. The number of hydrogen-bond acceptors (Lipinski definition) is 3. The third-order valence-electron chi connectivity index (χ3n) is 5.85. The summed E-state index contributed by atoms with van der Waals surface area (Å²) in [5.74, 6) is 0.234. The molecule has 0 radical (unpaired) electrons. The Morgan fingerprint density at radius 2 is 1.50 bits per heavy atom. The van der Waals surface area contributed by atoms with Crippen LogP contribution in [-0.2, 0) is 22.6 Å². The van der Waals surface area contributed by atoms with Gasteiger partial charge in [0.2, 0.25) is 5.91 Å². The van der Waals surface area contributed by atoms with Crippen LogP contribution >= 0.6 is 0 Å². The van der Waals surface area contributed by atoms with Crippen molar-refractivity contribution >= 4 is 11.8 Å². The van der Waals surface area contributed by atoms with Crippen LogP contribution in [-0.4, -0.2) is 35.4 Å². The van der Waals surface area contributed by atoms with E-state index in [1.165, 1.54) is 0 Å². The molecule has 0 heterocycles. The number of ether oxygens (including phenoxy) is 1. The van der Waals surface area contributed by atoms with Gasteiger partial charge < -0.3 is 15.0 Å². The molecule has 3 aromatic carbocycles. The van der Waals surface area contributed by atoms with E-state index >= 15 is 0 Å². The van der Waals surface area contributed by atoms with E-state index in [0.29, 0.717) is 18.7 Å². The minimum absolute atomic E-state index is 0.0164. The highest BCUT2D eigenvalue weighted by Gasteiger charge is 2.31. The Balaban J connectivity index is 1.90. The summed E-state index contributed by atoms with van der Waals surface area (Å²) in [6, 6.07) is 26.4. The topological polar surface area (TPSA) is 58.6 Å². The molecule has 3 rings (SSSR count). The van der Waals surface area contributed by atoms with Gasteiger partial charge in [-0.05, 0) is 43.5 Å². The van der Waals surface area contributed by atoms with Crippen LogP contribution in [0.15, 0.2) is 84.9 Å². The van der Waals surface area contributed by atoms with Crippen LogP contribution < -0.4 is 10.1 Å². The summed E-state index contributed by atoms with van der Waals surface area (Å²) in [7, 11) is 0. The van der Waals surface area contributed by atoms with E-state index < -0.39 is 6.04 Å². The molecule has 1 N–H and O–H groups in total. The van der Waals surface area contributed by atoms with Gasteiger partial charge in [0, 0.05) is 19.0 Å². The lowest BCUT2D eigenvalue weighted by atomic mass is 10.0. The fourth-order valence-electron chi connectivity index (χ4n) is 3.63. The van der Waals surface area contributed by atoms with Crippen molar-refractivity contribution in [3.05, 3.63) is 102 Å². The number of amides is 2. The molecule has 2 amide bonds. The molecule has 0 aromatic heterocycles. The molecule has 0 spiro atoms. The van der Waals surface area contributed by atoms with Gasteiger partial charge in [0.05, 0.1) is 0 Å². The molecule has 0 aliphatic carbocycles. The van der Waals surface area contributed by atoms with Gasteiger partial charge >= 0.3 is 0 Å². The second-order valence-corrected chi connectivity index (χ2v) is 8.63. The van der Waals surface area contributed by atoms with Crippen molar-refractivity contribution in [1.82, 2.24) is 10.2 Å².